The van der Waals surface area contributed by atoms with Gasteiger partial charge in [-0.05, 0) is 30.5 Å². The van der Waals surface area contributed by atoms with Crippen LogP contribution in [0.1, 0.15) is 28.9 Å². The van der Waals surface area contributed by atoms with Gasteiger partial charge in [0.05, 0.1) is 12.8 Å². The van der Waals surface area contributed by atoms with E-state index < -0.39 is 0 Å². The number of hydrogen-bond donors (Lipinski definition) is 2. The Morgan fingerprint density at radius 1 is 1.13 bits per heavy atom. The molecule has 1 aliphatic carbocycles. The van der Waals surface area contributed by atoms with E-state index in [9.17, 15) is 9.59 Å². The lowest BCUT2D eigenvalue weighted by atomic mass is 10.2. The number of hydrogen-bond acceptors (Lipinski definition) is 6. The van der Waals surface area contributed by atoms with E-state index in [0.29, 0.717) is 23.1 Å². The van der Waals surface area contributed by atoms with Crippen molar-refractivity contribution in [1.82, 2.24) is 15.2 Å². The highest BCUT2D eigenvalue weighted by molar-refractivity contribution is 7.14. The van der Waals surface area contributed by atoms with Crippen LogP contribution < -0.4 is 15.4 Å². The van der Waals surface area contributed by atoms with Crippen molar-refractivity contribution in [3.05, 3.63) is 71.2 Å². The number of ether oxygens (including phenoxy) is 1. The number of amides is 2. The van der Waals surface area contributed by atoms with Crippen LogP contribution in [0.5, 0.6) is 5.75 Å². The van der Waals surface area contributed by atoms with E-state index >= 15 is 0 Å². The van der Waals surface area contributed by atoms with Gasteiger partial charge in [-0.25, -0.2) is 4.98 Å². The van der Waals surface area contributed by atoms with Gasteiger partial charge in [-0.3, -0.25) is 9.59 Å². The van der Waals surface area contributed by atoms with Crippen molar-refractivity contribution < 1.29 is 14.3 Å². The highest BCUT2D eigenvalue weighted by Crippen LogP contribution is 2.29. The molecule has 0 atom stereocenters. The van der Waals surface area contributed by atoms with Crippen LogP contribution in [0, 0.1) is 0 Å². The lowest BCUT2D eigenvalue weighted by Crippen LogP contribution is -2.41. The molecular formula is C23H24N4O3S. The van der Waals surface area contributed by atoms with Gasteiger partial charge < -0.3 is 20.3 Å². The van der Waals surface area contributed by atoms with Gasteiger partial charge in [-0.1, -0.05) is 42.5 Å². The smallest absolute Gasteiger partial charge is 0.274 e. The fourth-order valence-electron chi connectivity index (χ4n) is 3.13. The average Bonchev–Trinajstić information content (AvgIpc) is 3.48. The van der Waals surface area contributed by atoms with Crippen molar-refractivity contribution in [2.24, 2.45) is 0 Å². The molecule has 0 radical (unpaired) electrons. The molecule has 0 saturated heterocycles. The van der Waals surface area contributed by atoms with Gasteiger partial charge in [0.1, 0.15) is 18.0 Å². The summed E-state index contributed by atoms with van der Waals surface area (Å²) < 4.78 is 5.35. The number of benzene rings is 2. The standard InChI is InChI=1S/C23H24N4O3S/c1-30-20-10-6-5-9-18(20)25-23-26-19(15-31-23)22(29)27(13-16-7-3-2-4-8-16)14-21(28)24-17-11-12-17/h2-10,15,17H,11-14H2,1H3,(H,24,28)(H,25,26). The minimum Gasteiger partial charge on any atom is -0.495 e. The molecule has 0 aliphatic heterocycles. The summed E-state index contributed by atoms with van der Waals surface area (Å²) in [7, 11) is 1.60. The number of nitrogens with one attached hydrogen (secondary N) is 2. The van der Waals surface area contributed by atoms with Crippen molar-refractivity contribution in [3.8, 4) is 5.75 Å². The van der Waals surface area contributed by atoms with E-state index in [4.69, 9.17) is 4.74 Å². The number of rotatable bonds is 9. The highest BCUT2D eigenvalue weighted by Gasteiger charge is 2.26. The Hall–Kier alpha value is -3.39. The fourth-order valence-corrected chi connectivity index (χ4v) is 3.83. The van der Waals surface area contributed by atoms with Gasteiger partial charge in [-0.2, -0.15) is 0 Å². The van der Waals surface area contributed by atoms with E-state index in [2.05, 4.69) is 15.6 Å². The molecule has 8 heteroatoms. The molecule has 7 nitrogen and oxygen atoms in total. The highest BCUT2D eigenvalue weighted by atomic mass is 32.1. The van der Waals surface area contributed by atoms with Crippen LogP contribution in [-0.4, -0.2) is 41.4 Å². The number of carbonyl (C=O) groups is 2. The molecule has 1 aromatic heterocycles. The maximum atomic E-state index is 13.2. The third-order valence-corrected chi connectivity index (χ3v) is 5.61. The molecule has 1 fully saturated rings. The van der Waals surface area contributed by atoms with Gasteiger partial charge in [0.25, 0.3) is 5.91 Å². The van der Waals surface area contributed by atoms with Crippen molar-refractivity contribution >= 4 is 34.0 Å². The lowest BCUT2D eigenvalue weighted by Gasteiger charge is -2.21. The van der Waals surface area contributed by atoms with Crippen LogP contribution in [0.3, 0.4) is 0 Å². The molecule has 2 aromatic carbocycles. The maximum Gasteiger partial charge on any atom is 0.274 e. The molecule has 1 heterocycles. The largest absolute Gasteiger partial charge is 0.495 e. The number of anilines is 2. The van der Waals surface area contributed by atoms with Crippen LogP contribution in [0.15, 0.2) is 60.0 Å². The molecule has 0 spiro atoms. The number of thiazole rings is 1. The van der Waals surface area contributed by atoms with E-state index in [1.807, 2.05) is 54.6 Å². The first-order valence-corrected chi connectivity index (χ1v) is 11.0. The number of carbonyl (C=O) groups excluding carboxylic acids is 2. The van der Waals surface area contributed by atoms with Gasteiger partial charge in [0.2, 0.25) is 5.91 Å². The van der Waals surface area contributed by atoms with Crippen molar-refractivity contribution in [1.29, 1.82) is 0 Å². The molecule has 4 rings (SSSR count). The zero-order valence-electron chi connectivity index (χ0n) is 17.2. The summed E-state index contributed by atoms with van der Waals surface area (Å²) in [5.74, 6) is 0.265. The quantitative estimate of drug-likeness (QED) is 0.533. The first-order chi connectivity index (χ1) is 15.1. The molecule has 0 bridgehead atoms. The van der Waals surface area contributed by atoms with Crippen LogP contribution >= 0.6 is 11.3 Å². The summed E-state index contributed by atoms with van der Waals surface area (Å²) in [5.41, 5.74) is 2.03. The minimum absolute atomic E-state index is 0.00295. The summed E-state index contributed by atoms with van der Waals surface area (Å²) in [5, 5.41) is 8.43. The first-order valence-electron chi connectivity index (χ1n) is 10.1. The van der Waals surface area contributed by atoms with E-state index in [-0.39, 0.29) is 24.4 Å². The van der Waals surface area contributed by atoms with Crippen molar-refractivity contribution in [2.45, 2.75) is 25.4 Å². The Bertz CT molecular complexity index is 1050. The second-order valence-corrected chi connectivity index (χ2v) is 8.21. The topological polar surface area (TPSA) is 83.6 Å². The number of aromatic nitrogens is 1. The van der Waals surface area contributed by atoms with Crippen LogP contribution in [0.4, 0.5) is 10.8 Å². The minimum atomic E-state index is -0.279. The lowest BCUT2D eigenvalue weighted by molar-refractivity contribution is -0.122. The van der Waals surface area contributed by atoms with Crippen molar-refractivity contribution in [2.75, 3.05) is 19.0 Å². The number of methoxy groups -OCH3 is 1. The van der Waals surface area contributed by atoms with Gasteiger partial charge in [0.15, 0.2) is 5.13 Å². The van der Waals surface area contributed by atoms with E-state index in [1.54, 1.807) is 12.5 Å². The Morgan fingerprint density at radius 3 is 2.61 bits per heavy atom. The molecule has 0 unspecified atom stereocenters. The van der Waals surface area contributed by atoms with Gasteiger partial charge in [-0.15, -0.1) is 11.3 Å². The Morgan fingerprint density at radius 2 is 1.87 bits per heavy atom. The van der Waals surface area contributed by atoms with Gasteiger partial charge in [0, 0.05) is 18.0 Å². The van der Waals surface area contributed by atoms with E-state index in [1.165, 1.54) is 16.2 Å². The average molecular weight is 437 g/mol. The SMILES string of the molecule is COc1ccccc1Nc1nc(C(=O)N(CC(=O)NC2CC2)Cc2ccccc2)cs1. The van der Waals surface area contributed by atoms with Crippen LogP contribution in [0.25, 0.3) is 0 Å². The van der Waals surface area contributed by atoms with E-state index in [0.717, 1.165) is 24.1 Å². The third kappa shape index (κ3) is 5.61. The number of para-hydroxylation sites is 2. The molecule has 1 aliphatic rings. The van der Waals surface area contributed by atoms with Crippen LogP contribution in [-0.2, 0) is 11.3 Å². The molecule has 31 heavy (non-hydrogen) atoms. The summed E-state index contributed by atoms with van der Waals surface area (Å²) in [6.07, 6.45) is 2.00. The Balaban J connectivity index is 1.49. The molecule has 2 N–H and O–H groups in total. The molecule has 1 saturated carbocycles. The monoisotopic (exact) mass is 436 g/mol. The molecule has 160 valence electrons. The second kappa shape index (κ2) is 9.61. The maximum absolute atomic E-state index is 13.2. The molecule has 3 aromatic rings. The molecular weight excluding hydrogens is 412 g/mol. The Labute approximate surface area is 185 Å². The predicted octanol–water partition coefficient (Wildman–Crippen LogP) is 3.82. The third-order valence-electron chi connectivity index (χ3n) is 4.85. The zero-order valence-corrected chi connectivity index (χ0v) is 18.0. The second-order valence-electron chi connectivity index (χ2n) is 7.35. The summed E-state index contributed by atoms with van der Waals surface area (Å²) in [4.78, 5) is 31.6. The summed E-state index contributed by atoms with van der Waals surface area (Å²) in [6.45, 7) is 0.335. The fraction of sp³-hybridized carbons (Fsp3) is 0.261. The normalized spacial score (nSPS) is 12.8. The summed E-state index contributed by atoms with van der Waals surface area (Å²) >= 11 is 1.33. The predicted molar refractivity (Wildman–Crippen MR) is 121 cm³/mol. The Kier molecular flexibility index (Phi) is 6.47. The number of nitrogens with zero attached hydrogens (tertiary/aromatic N) is 2. The summed E-state index contributed by atoms with van der Waals surface area (Å²) in [6, 6.07) is 17.4. The van der Waals surface area contributed by atoms with Crippen LogP contribution in [0.2, 0.25) is 0 Å². The zero-order chi connectivity index (χ0) is 21.6. The first kappa shape index (κ1) is 20.9. The van der Waals surface area contributed by atoms with Crippen molar-refractivity contribution in [3.63, 3.8) is 0 Å². The molecule has 2 amide bonds. The van der Waals surface area contributed by atoms with Gasteiger partial charge >= 0.3 is 0 Å².